The molecule has 0 spiro atoms. The predicted octanol–water partition coefficient (Wildman–Crippen LogP) is 0.238. The molecule has 16 heavy (non-hydrogen) atoms. The number of nitrogens with two attached hydrogens (primary N) is 1. The maximum absolute atomic E-state index is 10.9. The fraction of sp³-hybridized carbons (Fsp3) is 0. The van der Waals surface area contributed by atoms with Crippen molar-refractivity contribution in [2.45, 2.75) is 0 Å². The Hall–Kier alpha value is -2.68. The van der Waals surface area contributed by atoms with Gasteiger partial charge in [-0.3, -0.25) is 9.78 Å². The van der Waals surface area contributed by atoms with Gasteiger partial charge in [0.15, 0.2) is 0 Å². The molecular weight excluding hydrogens is 206 g/mol. The van der Waals surface area contributed by atoms with Crippen LogP contribution < -0.4 is 5.73 Å². The summed E-state index contributed by atoms with van der Waals surface area (Å²) in [5.41, 5.74) is 6.16. The Bertz CT molecular complexity index is 581. The molecule has 6 heteroatoms. The molecular formula is C10H7N5O. The fourth-order valence-corrected chi connectivity index (χ4v) is 1.25. The number of rotatable bonds is 2. The molecule has 0 atom stereocenters. The molecule has 78 valence electrons. The summed E-state index contributed by atoms with van der Waals surface area (Å²) in [6, 6.07) is 5.07. The lowest BCUT2D eigenvalue weighted by Gasteiger charge is -2.01. The summed E-state index contributed by atoms with van der Waals surface area (Å²) in [4.78, 5) is 14.8. The van der Waals surface area contributed by atoms with E-state index in [0.29, 0.717) is 11.3 Å². The first-order valence-electron chi connectivity index (χ1n) is 4.42. The van der Waals surface area contributed by atoms with Crippen LogP contribution in [0.15, 0.2) is 30.7 Å². The third-order valence-electron chi connectivity index (χ3n) is 2.01. The molecule has 2 aromatic heterocycles. The summed E-state index contributed by atoms with van der Waals surface area (Å²) in [5, 5.41) is 12.8. The summed E-state index contributed by atoms with van der Waals surface area (Å²) in [5.74, 6) is -0.610. The summed E-state index contributed by atoms with van der Waals surface area (Å²) < 4.78 is 1.39. The Labute approximate surface area is 90.9 Å². The molecule has 0 fully saturated rings. The molecule has 2 N–H and O–H groups in total. The highest BCUT2D eigenvalue weighted by molar-refractivity contribution is 5.90. The Morgan fingerprint density at radius 2 is 2.31 bits per heavy atom. The third-order valence-corrected chi connectivity index (χ3v) is 2.01. The molecule has 1 amide bonds. The summed E-state index contributed by atoms with van der Waals surface area (Å²) >= 11 is 0. The van der Waals surface area contributed by atoms with Crippen molar-refractivity contribution in [3.63, 3.8) is 0 Å². The average molecular weight is 213 g/mol. The van der Waals surface area contributed by atoms with E-state index in [-0.39, 0.29) is 5.69 Å². The van der Waals surface area contributed by atoms with Gasteiger partial charge >= 0.3 is 0 Å². The monoisotopic (exact) mass is 213 g/mol. The largest absolute Gasteiger partial charge is 0.364 e. The molecule has 6 nitrogen and oxygen atoms in total. The number of hydrogen-bond acceptors (Lipinski definition) is 4. The molecule has 0 radical (unpaired) electrons. The first kappa shape index (κ1) is 9.86. The minimum atomic E-state index is -0.610. The van der Waals surface area contributed by atoms with E-state index in [1.165, 1.54) is 23.1 Å². The fourth-order valence-electron chi connectivity index (χ4n) is 1.25. The molecule has 0 unspecified atom stereocenters. The normalized spacial score (nSPS) is 9.69. The van der Waals surface area contributed by atoms with Crippen LogP contribution in [-0.4, -0.2) is 20.7 Å². The second-order valence-electron chi connectivity index (χ2n) is 3.01. The molecule has 0 aliphatic heterocycles. The Balaban J connectivity index is 2.51. The Kier molecular flexibility index (Phi) is 2.36. The van der Waals surface area contributed by atoms with E-state index in [1.807, 2.05) is 6.07 Å². The van der Waals surface area contributed by atoms with E-state index in [0.717, 1.165) is 0 Å². The van der Waals surface area contributed by atoms with Gasteiger partial charge in [-0.1, -0.05) is 0 Å². The van der Waals surface area contributed by atoms with Crippen molar-refractivity contribution in [3.8, 4) is 11.8 Å². The summed E-state index contributed by atoms with van der Waals surface area (Å²) in [6.45, 7) is 0. The zero-order valence-corrected chi connectivity index (χ0v) is 8.16. The molecule has 0 saturated carbocycles. The van der Waals surface area contributed by atoms with Crippen molar-refractivity contribution in [1.82, 2.24) is 14.8 Å². The van der Waals surface area contributed by atoms with Gasteiger partial charge in [0.25, 0.3) is 5.91 Å². The Morgan fingerprint density at radius 3 is 2.94 bits per heavy atom. The molecule has 0 bridgehead atoms. The van der Waals surface area contributed by atoms with Gasteiger partial charge in [0.2, 0.25) is 0 Å². The van der Waals surface area contributed by atoms with E-state index in [2.05, 4.69) is 10.1 Å². The van der Waals surface area contributed by atoms with Gasteiger partial charge in [0.05, 0.1) is 11.8 Å². The van der Waals surface area contributed by atoms with Crippen LogP contribution in [0.3, 0.4) is 0 Å². The van der Waals surface area contributed by atoms with Gasteiger partial charge in [-0.25, -0.2) is 4.68 Å². The van der Waals surface area contributed by atoms with Gasteiger partial charge in [0, 0.05) is 12.4 Å². The van der Waals surface area contributed by atoms with Gasteiger partial charge in [0.1, 0.15) is 17.5 Å². The summed E-state index contributed by atoms with van der Waals surface area (Å²) in [7, 11) is 0. The molecule has 2 aromatic rings. The number of carbonyl (C=O) groups excluding carboxylic acids is 1. The molecule has 0 aromatic carbocycles. The van der Waals surface area contributed by atoms with Gasteiger partial charge in [-0.15, -0.1) is 0 Å². The number of carbonyl (C=O) groups is 1. The highest BCUT2D eigenvalue weighted by Crippen LogP contribution is 2.11. The molecule has 2 rings (SSSR count). The zero-order chi connectivity index (χ0) is 11.5. The molecule has 0 aliphatic carbocycles. The van der Waals surface area contributed by atoms with Crippen molar-refractivity contribution >= 4 is 5.91 Å². The van der Waals surface area contributed by atoms with E-state index < -0.39 is 5.91 Å². The smallest absolute Gasteiger partial charge is 0.269 e. The van der Waals surface area contributed by atoms with Gasteiger partial charge < -0.3 is 5.73 Å². The van der Waals surface area contributed by atoms with E-state index in [4.69, 9.17) is 11.0 Å². The predicted molar refractivity (Wildman–Crippen MR) is 54.6 cm³/mol. The van der Waals surface area contributed by atoms with Crippen molar-refractivity contribution in [2.24, 2.45) is 5.73 Å². The number of primary amides is 1. The topological polar surface area (TPSA) is 97.6 Å². The minimum Gasteiger partial charge on any atom is -0.364 e. The number of hydrogen-bond donors (Lipinski definition) is 1. The lowest BCUT2D eigenvalue weighted by atomic mass is 10.2. The maximum Gasteiger partial charge on any atom is 0.269 e. The van der Waals surface area contributed by atoms with Crippen molar-refractivity contribution in [3.05, 3.63) is 42.0 Å². The van der Waals surface area contributed by atoms with Crippen LogP contribution in [-0.2, 0) is 0 Å². The van der Waals surface area contributed by atoms with E-state index in [1.54, 1.807) is 12.3 Å². The number of nitrogens with zero attached hydrogens (tertiary/aromatic N) is 4. The maximum atomic E-state index is 10.9. The van der Waals surface area contributed by atoms with E-state index >= 15 is 0 Å². The highest BCUT2D eigenvalue weighted by atomic mass is 16.1. The van der Waals surface area contributed by atoms with Gasteiger partial charge in [-0.05, 0) is 12.1 Å². The minimum absolute atomic E-state index is 0.146. The SMILES string of the molecule is N#Cc1ccncc1-n1ccc(C(N)=O)n1. The summed E-state index contributed by atoms with van der Waals surface area (Å²) in [6.07, 6.45) is 4.56. The third kappa shape index (κ3) is 1.62. The van der Waals surface area contributed by atoms with Crippen molar-refractivity contribution in [2.75, 3.05) is 0 Å². The first-order valence-corrected chi connectivity index (χ1v) is 4.42. The number of pyridine rings is 1. The average Bonchev–Trinajstić information content (AvgIpc) is 2.78. The Morgan fingerprint density at radius 1 is 1.50 bits per heavy atom. The number of nitriles is 1. The lowest BCUT2D eigenvalue weighted by molar-refractivity contribution is 0.0995. The van der Waals surface area contributed by atoms with Gasteiger partial charge in [-0.2, -0.15) is 10.4 Å². The van der Waals surface area contributed by atoms with E-state index in [9.17, 15) is 4.79 Å². The van der Waals surface area contributed by atoms with Crippen LogP contribution in [0.25, 0.3) is 5.69 Å². The quantitative estimate of drug-likeness (QED) is 0.772. The zero-order valence-electron chi connectivity index (χ0n) is 8.16. The van der Waals surface area contributed by atoms with Crippen molar-refractivity contribution < 1.29 is 4.79 Å². The van der Waals surface area contributed by atoms with Crippen LogP contribution in [0.2, 0.25) is 0 Å². The van der Waals surface area contributed by atoms with Crippen LogP contribution in [0.4, 0.5) is 0 Å². The molecule has 0 saturated heterocycles. The number of aromatic nitrogens is 3. The second kappa shape index (κ2) is 3.82. The van der Waals surface area contributed by atoms with Crippen LogP contribution in [0, 0.1) is 11.3 Å². The second-order valence-corrected chi connectivity index (χ2v) is 3.01. The number of amides is 1. The van der Waals surface area contributed by atoms with Crippen LogP contribution in [0.5, 0.6) is 0 Å². The van der Waals surface area contributed by atoms with Crippen LogP contribution >= 0.6 is 0 Å². The molecule has 2 heterocycles. The van der Waals surface area contributed by atoms with Crippen molar-refractivity contribution in [1.29, 1.82) is 5.26 Å². The molecule has 0 aliphatic rings. The lowest BCUT2D eigenvalue weighted by Crippen LogP contribution is -2.12. The van der Waals surface area contributed by atoms with Crippen LogP contribution in [0.1, 0.15) is 16.1 Å². The highest BCUT2D eigenvalue weighted by Gasteiger charge is 2.08. The standard InChI is InChI=1S/C10H7N5O/c11-5-7-1-3-13-6-9(7)15-4-2-8(14-15)10(12)16/h1-4,6H,(H2,12,16). The first-order chi connectivity index (χ1) is 7.72.